The zero-order valence-corrected chi connectivity index (χ0v) is 11.4. The third-order valence-corrected chi connectivity index (χ3v) is 3.58. The van der Waals surface area contributed by atoms with Crippen molar-refractivity contribution in [2.24, 2.45) is 0 Å². The molecule has 106 valence electrons. The summed E-state index contributed by atoms with van der Waals surface area (Å²) < 4.78 is 26.1. The predicted molar refractivity (Wildman–Crippen MR) is 75.1 cm³/mol. The highest BCUT2D eigenvalue weighted by molar-refractivity contribution is 7.67. The normalized spacial score (nSPS) is 13.0. The maximum atomic E-state index is 12.6. The van der Waals surface area contributed by atoms with Crippen LogP contribution in [0.4, 0.5) is 5.69 Å². The molecular formula is C14H9NO5S. The second-order valence-electron chi connectivity index (χ2n) is 4.42. The smallest absolute Gasteiger partial charge is 0.299 e. The van der Waals surface area contributed by atoms with E-state index in [0.29, 0.717) is 0 Å². The van der Waals surface area contributed by atoms with Gasteiger partial charge in [-0.3, -0.25) is 9.59 Å². The van der Waals surface area contributed by atoms with Gasteiger partial charge in [-0.2, -0.15) is 8.42 Å². The number of hydrogen-bond acceptors (Lipinski definition) is 6. The van der Waals surface area contributed by atoms with Crippen LogP contribution in [0.5, 0.6) is 5.75 Å². The van der Waals surface area contributed by atoms with Crippen LogP contribution in [0.2, 0.25) is 0 Å². The molecule has 21 heavy (non-hydrogen) atoms. The minimum absolute atomic E-state index is 0.0761. The molecule has 0 radical (unpaired) electrons. The Morgan fingerprint density at radius 3 is 2.14 bits per heavy atom. The summed E-state index contributed by atoms with van der Waals surface area (Å²) in [5.41, 5.74) is 6.24. The minimum Gasteiger partial charge on any atom is -0.398 e. The predicted octanol–water partition coefficient (Wildman–Crippen LogP) is 0.949. The van der Waals surface area contributed by atoms with Gasteiger partial charge >= 0.3 is 0 Å². The fraction of sp³-hybridized carbons (Fsp3) is 0. The standard InChI is InChI=1S/C14H9NO5S/c15-9-5-1-3-7-11(9)14(17)12-8(13(7)16)4-2-6-10(12)20-21(18)19/h1-6,21H,15H2. The highest BCUT2D eigenvalue weighted by Gasteiger charge is 2.33. The average Bonchev–Trinajstić information content (AvgIpc) is 2.43. The van der Waals surface area contributed by atoms with Gasteiger partial charge in [0.15, 0.2) is 17.3 Å². The first kappa shape index (κ1) is 13.3. The van der Waals surface area contributed by atoms with Crippen molar-refractivity contribution in [2.45, 2.75) is 0 Å². The molecule has 2 N–H and O–H groups in total. The molecule has 0 saturated carbocycles. The molecule has 0 bridgehead atoms. The van der Waals surface area contributed by atoms with E-state index in [9.17, 15) is 18.0 Å². The summed E-state index contributed by atoms with van der Waals surface area (Å²) in [6.45, 7) is 0. The summed E-state index contributed by atoms with van der Waals surface area (Å²) in [7, 11) is -3.20. The van der Waals surface area contributed by atoms with Gasteiger partial charge in [0.1, 0.15) is 0 Å². The van der Waals surface area contributed by atoms with E-state index in [4.69, 9.17) is 5.73 Å². The van der Waals surface area contributed by atoms with Gasteiger partial charge in [0.05, 0.1) is 11.1 Å². The van der Waals surface area contributed by atoms with Crippen molar-refractivity contribution >= 4 is 28.2 Å². The van der Waals surface area contributed by atoms with E-state index < -0.39 is 22.6 Å². The van der Waals surface area contributed by atoms with Crippen LogP contribution in [-0.2, 0) is 11.0 Å². The van der Waals surface area contributed by atoms with Crippen molar-refractivity contribution < 1.29 is 22.2 Å². The van der Waals surface area contributed by atoms with Gasteiger partial charge in [-0.15, -0.1) is 0 Å². The molecule has 0 amide bonds. The number of fused-ring (bicyclic) bond motifs is 2. The number of thiol groups is 1. The van der Waals surface area contributed by atoms with E-state index >= 15 is 0 Å². The number of hydrogen-bond donors (Lipinski definition) is 2. The Labute approximate surface area is 121 Å². The largest absolute Gasteiger partial charge is 0.398 e. The van der Waals surface area contributed by atoms with Crippen molar-refractivity contribution in [3.63, 3.8) is 0 Å². The molecule has 2 aromatic rings. The van der Waals surface area contributed by atoms with E-state index in [2.05, 4.69) is 4.18 Å². The van der Waals surface area contributed by atoms with E-state index in [1.807, 2.05) is 0 Å². The van der Waals surface area contributed by atoms with Gasteiger partial charge in [-0.1, -0.05) is 24.3 Å². The van der Waals surface area contributed by atoms with E-state index in [-0.39, 0.29) is 33.7 Å². The topological polar surface area (TPSA) is 104 Å². The molecule has 0 atom stereocenters. The molecule has 0 saturated heterocycles. The maximum Gasteiger partial charge on any atom is 0.299 e. The third-order valence-electron chi connectivity index (χ3n) is 3.24. The minimum atomic E-state index is -3.20. The van der Waals surface area contributed by atoms with Gasteiger partial charge in [-0.05, 0) is 12.1 Å². The SMILES string of the molecule is Nc1cccc2c1C(=O)c1c(O[SH](=O)=O)cccc1C2=O. The highest BCUT2D eigenvalue weighted by Crippen LogP contribution is 2.35. The summed E-state index contributed by atoms with van der Waals surface area (Å²) in [5, 5.41) is 0. The molecule has 0 fully saturated rings. The van der Waals surface area contributed by atoms with Crippen molar-refractivity contribution in [3.8, 4) is 5.75 Å². The van der Waals surface area contributed by atoms with Gasteiger partial charge < -0.3 is 9.92 Å². The Morgan fingerprint density at radius 2 is 1.48 bits per heavy atom. The Morgan fingerprint density at radius 1 is 0.857 bits per heavy atom. The van der Waals surface area contributed by atoms with Crippen LogP contribution in [0.3, 0.4) is 0 Å². The number of nitrogen functional groups attached to an aromatic ring is 1. The molecule has 0 spiro atoms. The first-order valence-electron chi connectivity index (χ1n) is 5.94. The second-order valence-corrected chi connectivity index (χ2v) is 5.05. The Hall–Kier alpha value is -2.67. The van der Waals surface area contributed by atoms with Crippen molar-refractivity contribution in [3.05, 3.63) is 58.7 Å². The van der Waals surface area contributed by atoms with Gasteiger partial charge in [0, 0.05) is 16.8 Å². The van der Waals surface area contributed by atoms with E-state index in [1.165, 1.54) is 30.3 Å². The lowest BCUT2D eigenvalue weighted by atomic mass is 9.83. The quantitative estimate of drug-likeness (QED) is 0.539. The highest BCUT2D eigenvalue weighted by atomic mass is 32.2. The van der Waals surface area contributed by atoms with Crippen LogP contribution in [0.25, 0.3) is 0 Å². The molecule has 7 heteroatoms. The van der Waals surface area contributed by atoms with E-state index in [1.54, 1.807) is 6.07 Å². The van der Waals surface area contributed by atoms with Crippen LogP contribution >= 0.6 is 0 Å². The molecule has 2 aromatic carbocycles. The Kier molecular flexibility index (Phi) is 2.99. The third kappa shape index (κ3) is 1.98. The molecule has 0 heterocycles. The molecule has 6 nitrogen and oxygen atoms in total. The Balaban J connectivity index is 2.31. The number of carbonyl (C=O) groups is 2. The lowest BCUT2D eigenvalue weighted by Gasteiger charge is -2.20. The molecule has 1 aliphatic carbocycles. The van der Waals surface area contributed by atoms with Crippen LogP contribution in [0.1, 0.15) is 31.8 Å². The number of carbonyl (C=O) groups excluding carboxylic acids is 2. The average molecular weight is 303 g/mol. The zero-order chi connectivity index (χ0) is 15.1. The zero-order valence-electron chi connectivity index (χ0n) is 10.5. The Bertz CT molecular complexity index is 862. The van der Waals surface area contributed by atoms with Crippen molar-refractivity contribution in [1.29, 1.82) is 0 Å². The van der Waals surface area contributed by atoms with Crippen LogP contribution in [0, 0.1) is 0 Å². The number of anilines is 1. The number of benzene rings is 2. The van der Waals surface area contributed by atoms with E-state index in [0.717, 1.165) is 0 Å². The van der Waals surface area contributed by atoms with Gasteiger partial charge in [0.25, 0.3) is 11.0 Å². The molecule has 0 unspecified atom stereocenters. The number of nitrogens with two attached hydrogens (primary N) is 1. The van der Waals surface area contributed by atoms with Crippen molar-refractivity contribution in [1.82, 2.24) is 0 Å². The molecule has 0 aliphatic heterocycles. The summed E-state index contributed by atoms with van der Waals surface area (Å²) in [6.07, 6.45) is 0. The fourth-order valence-electron chi connectivity index (χ4n) is 2.39. The van der Waals surface area contributed by atoms with Gasteiger partial charge in [-0.25, -0.2) is 0 Å². The maximum absolute atomic E-state index is 12.6. The molecular weight excluding hydrogens is 294 g/mol. The molecule has 3 rings (SSSR count). The first-order valence-corrected chi connectivity index (χ1v) is 7.03. The summed E-state index contributed by atoms with van der Waals surface area (Å²) in [5.74, 6) is -1.08. The molecule has 1 aliphatic rings. The van der Waals surface area contributed by atoms with Crippen LogP contribution in [0.15, 0.2) is 36.4 Å². The molecule has 0 aromatic heterocycles. The lowest BCUT2D eigenvalue weighted by Crippen LogP contribution is -2.23. The number of rotatable bonds is 2. The van der Waals surface area contributed by atoms with Crippen LogP contribution < -0.4 is 9.92 Å². The van der Waals surface area contributed by atoms with Gasteiger partial charge in [0.2, 0.25) is 0 Å². The monoisotopic (exact) mass is 303 g/mol. The summed E-state index contributed by atoms with van der Waals surface area (Å²) >= 11 is 0. The summed E-state index contributed by atoms with van der Waals surface area (Å²) in [4.78, 5) is 25.0. The fourth-order valence-corrected chi connectivity index (χ4v) is 2.71. The number of ketones is 2. The summed E-state index contributed by atoms with van der Waals surface area (Å²) in [6, 6.07) is 8.82. The second kappa shape index (κ2) is 4.71. The van der Waals surface area contributed by atoms with Crippen LogP contribution in [-0.4, -0.2) is 20.0 Å². The first-order chi connectivity index (χ1) is 10.0. The lowest BCUT2D eigenvalue weighted by molar-refractivity contribution is 0.0978. The van der Waals surface area contributed by atoms with Crippen molar-refractivity contribution in [2.75, 3.05) is 5.73 Å².